The van der Waals surface area contributed by atoms with Crippen molar-refractivity contribution in [1.29, 1.82) is 0 Å². The summed E-state index contributed by atoms with van der Waals surface area (Å²) in [5, 5.41) is 6.09. The lowest BCUT2D eigenvalue weighted by Crippen LogP contribution is -2.49. The van der Waals surface area contributed by atoms with Crippen LogP contribution in [0, 0.1) is 6.92 Å². The summed E-state index contributed by atoms with van der Waals surface area (Å²) < 4.78 is 31.8. The highest BCUT2D eigenvalue weighted by atomic mass is 35.5. The molecule has 0 aliphatic carbocycles. The summed E-state index contributed by atoms with van der Waals surface area (Å²) in [5.41, 5.74) is 3.54. The average Bonchev–Trinajstić information content (AvgIpc) is 3.13. The summed E-state index contributed by atoms with van der Waals surface area (Å²) in [5.74, 6) is 1.30. The Kier molecular flexibility index (Phi) is 14.3. The second kappa shape index (κ2) is 18.7. The van der Waals surface area contributed by atoms with Gasteiger partial charge in [0.2, 0.25) is 5.95 Å². The molecule has 5 rings (SSSR count). The number of anilines is 4. The Balaban J connectivity index is 1.11. The fourth-order valence-corrected chi connectivity index (χ4v) is 8.09. The van der Waals surface area contributed by atoms with Crippen LogP contribution in [0.25, 0.3) is 0 Å². The SMILES string of the molecule is CCCCN1CCN(CCCN2CCN(CCc3cc(OC)c(Nc4ncc(Cl)c(Nc5ccccc5S(=O)(=O)C(C)C)n4)cc3C)CC2)CC1. The third-order valence-electron chi connectivity index (χ3n) is 10.1. The lowest BCUT2D eigenvalue weighted by Gasteiger charge is -2.37. The quantitative estimate of drug-likeness (QED) is 0.168. The van der Waals surface area contributed by atoms with Gasteiger partial charge < -0.3 is 35.0 Å². The molecule has 3 heterocycles. The maximum atomic E-state index is 13.0. The van der Waals surface area contributed by atoms with Gasteiger partial charge in [-0.2, -0.15) is 4.98 Å². The minimum Gasteiger partial charge on any atom is -0.495 e. The van der Waals surface area contributed by atoms with Gasteiger partial charge in [-0.05, 0) is 95.1 Å². The summed E-state index contributed by atoms with van der Waals surface area (Å²) in [6.45, 7) is 21.7. The number of nitrogens with zero attached hydrogens (tertiary/aromatic N) is 6. The third-order valence-corrected chi connectivity index (χ3v) is 12.6. The van der Waals surface area contributed by atoms with E-state index >= 15 is 0 Å². The van der Waals surface area contributed by atoms with Crippen molar-refractivity contribution in [2.45, 2.75) is 63.5 Å². The first-order chi connectivity index (χ1) is 24.6. The van der Waals surface area contributed by atoms with Crippen molar-refractivity contribution in [3.05, 3.63) is 58.7 Å². The largest absolute Gasteiger partial charge is 0.495 e. The molecule has 2 N–H and O–H groups in total. The second-order valence-electron chi connectivity index (χ2n) is 14.0. The molecule has 0 spiro atoms. The van der Waals surface area contributed by atoms with Crippen LogP contribution in [0.3, 0.4) is 0 Å². The van der Waals surface area contributed by atoms with Crippen molar-refractivity contribution in [3.8, 4) is 5.75 Å². The highest BCUT2D eigenvalue weighted by Gasteiger charge is 2.24. The number of ether oxygens (including phenoxy) is 1. The molecule has 0 bridgehead atoms. The summed E-state index contributed by atoms with van der Waals surface area (Å²) in [7, 11) is -1.87. The van der Waals surface area contributed by atoms with E-state index < -0.39 is 15.1 Å². The first kappa shape index (κ1) is 39.2. The number of para-hydroxylation sites is 1. The molecular formula is C38H57ClN8O3S. The van der Waals surface area contributed by atoms with Gasteiger partial charge >= 0.3 is 0 Å². The Morgan fingerprint density at radius 3 is 2.02 bits per heavy atom. The molecule has 0 radical (unpaired) electrons. The average molecular weight is 741 g/mol. The number of piperazine rings is 2. The Bertz CT molecular complexity index is 1680. The van der Waals surface area contributed by atoms with E-state index in [2.05, 4.69) is 66.2 Å². The first-order valence-electron chi connectivity index (χ1n) is 18.5. The number of sulfone groups is 1. The molecule has 0 atom stereocenters. The lowest BCUT2D eigenvalue weighted by molar-refractivity contribution is 0.110. The molecule has 2 fully saturated rings. The second-order valence-corrected chi connectivity index (χ2v) is 16.9. The molecular weight excluding hydrogens is 684 g/mol. The molecule has 0 unspecified atom stereocenters. The zero-order valence-corrected chi connectivity index (χ0v) is 32.7. The third kappa shape index (κ3) is 10.8. The minimum atomic E-state index is -3.53. The van der Waals surface area contributed by atoms with Gasteiger partial charge in [0.25, 0.3) is 0 Å². The number of hydrogen-bond donors (Lipinski definition) is 2. The van der Waals surface area contributed by atoms with E-state index in [9.17, 15) is 8.42 Å². The number of methoxy groups -OCH3 is 1. The van der Waals surface area contributed by atoms with Gasteiger partial charge in [-0.25, -0.2) is 13.4 Å². The maximum Gasteiger partial charge on any atom is 0.229 e. The van der Waals surface area contributed by atoms with Crippen molar-refractivity contribution < 1.29 is 13.2 Å². The molecule has 1 aromatic heterocycles. The van der Waals surface area contributed by atoms with Crippen molar-refractivity contribution in [1.82, 2.24) is 29.6 Å². The van der Waals surface area contributed by atoms with E-state index in [0.717, 1.165) is 50.4 Å². The fraction of sp³-hybridized carbons (Fsp3) is 0.579. The van der Waals surface area contributed by atoms with Gasteiger partial charge in [0.05, 0.1) is 34.8 Å². The normalized spacial score (nSPS) is 16.8. The number of aromatic nitrogens is 2. The Hall–Kier alpha value is -3.00. The monoisotopic (exact) mass is 740 g/mol. The number of rotatable bonds is 17. The van der Waals surface area contributed by atoms with Crippen LogP contribution in [0.2, 0.25) is 5.02 Å². The van der Waals surface area contributed by atoms with Crippen LogP contribution in [-0.2, 0) is 16.3 Å². The molecule has 2 aliphatic rings. The predicted octanol–water partition coefficient (Wildman–Crippen LogP) is 6.08. The minimum absolute atomic E-state index is 0.191. The van der Waals surface area contributed by atoms with Gasteiger partial charge in [0.1, 0.15) is 10.8 Å². The van der Waals surface area contributed by atoms with E-state index in [4.69, 9.17) is 16.3 Å². The van der Waals surface area contributed by atoms with Crippen molar-refractivity contribution in [3.63, 3.8) is 0 Å². The fourth-order valence-electron chi connectivity index (χ4n) is 6.75. The number of benzene rings is 2. The number of hydrogen-bond acceptors (Lipinski definition) is 11. The Morgan fingerprint density at radius 1 is 0.843 bits per heavy atom. The maximum absolute atomic E-state index is 13.0. The molecule has 51 heavy (non-hydrogen) atoms. The van der Waals surface area contributed by atoms with Crippen LogP contribution < -0.4 is 15.4 Å². The number of aryl methyl sites for hydroxylation is 1. The van der Waals surface area contributed by atoms with Crippen LogP contribution in [-0.4, -0.2) is 129 Å². The van der Waals surface area contributed by atoms with Crippen LogP contribution >= 0.6 is 11.6 Å². The summed E-state index contributed by atoms with van der Waals surface area (Å²) in [6, 6.07) is 10.9. The van der Waals surface area contributed by atoms with E-state index in [-0.39, 0.29) is 9.92 Å². The van der Waals surface area contributed by atoms with Crippen LogP contribution in [0.15, 0.2) is 47.5 Å². The molecule has 2 aliphatic heterocycles. The number of halogens is 1. The van der Waals surface area contributed by atoms with Crippen molar-refractivity contribution in [2.75, 3.05) is 96.3 Å². The highest BCUT2D eigenvalue weighted by molar-refractivity contribution is 7.92. The molecule has 0 amide bonds. The summed E-state index contributed by atoms with van der Waals surface area (Å²) >= 11 is 6.46. The Morgan fingerprint density at radius 2 is 1.43 bits per heavy atom. The summed E-state index contributed by atoms with van der Waals surface area (Å²) in [6.07, 6.45) is 6.29. The highest BCUT2D eigenvalue weighted by Crippen LogP contribution is 2.33. The van der Waals surface area contributed by atoms with E-state index in [1.165, 1.54) is 76.8 Å². The molecule has 3 aromatic rings. The van der Waals surface area contributed by atoms with Gasteiger partial charge in [-0.3, -0.25) is 0 Å². The molecule has 11 nitrogen and oxygen atoms in total. The van der Waals surface area contributed by atoms with Crippen LogP contribution in [0.4, 0.5) is 23.1 Å². The van der Waals surface area contributed by atoms with Crippen molar-refractivity contribution >= 4 is 44.6 Å². The van der Waals surface area contributed by atoms with Crippen molar-refractivity contribution in [2.24, 2.45) is 0 Å². The number of unbranched alkanes of at least 4 members (excludes halogenated alkanes) is 1. The topological polar surface area (TPSA) is 106 Å². The molecule has 2 aromatic carbocycles. The zero-order chi connectivity index (χ0) is 36.4. The predicted molar refractivity (Wildman–Crippen MR) is 209 cm³/mol. The van der Waals surface area contributed by atoms with Gasteiger partial charge in [-0.15, -0.1) is 0 Å². The van der Waals surface area contributed by atoms with Gasteiger partial charge in [0.15, 0.2) is 15.7 Å². The molecule has 13 heteroatoms. The first-order valence-corrected chi connectivity index (χ1v) is 20.5. The molecule has 280 valence electrons. The zero-order valence-electron chi connectivity index (χ0n) is 31.1. The van der Waals surface area contributed by atoms with Gasteiger partial charge in [-0.1, -0.05) is 37.1 Å². The van der Waals surface area contributed by atoms with Crippen LogP contribution in [0.5, 0.6) is 5.75 Å². The van der Waals surface area contributed by atoms with Gasteiger partial charge in [0, 0.05) is 58.9 Å². The number of nitrogens with one attached hydrogen (secondary N) is 2. The van der Waals surface area contributed by atoms with E-state index in [1.54, 1.807) is 45.2 Å². The summed E-state index contributed by atoms with van der Waals surface area (Å²) in [4.78, 5) is 19.6. The molecule has 2 saturated heterocycles. The Labute approximate surface area is 310 Å². The van der Waals surface area contributed by atoms with Crippen LogP contribution in [0.1, 0.15) is 51.2 Å². The van der Waals surface area contributed by atoms with E-state index in [0.29, 0.717) is 23.2 Å². The van der Waals surface area contributed by atoms with E-state index in [1.807, 2.05) is 0 Å². The molecule has 0 saturated carbocycles. The smallest absolute Gasteiger partial charge is 0.229 e. The standard InChI is InChI=1S/C38H57ClN8O3S/c1-6-7-14-44-18-20-45(21-19-44)15-10-16-46-22-24-47(25-23-46)17-13-31-27-35(50-5)34(26-30(31)4)42-38-40-28-32(39)37(43-38)41-33-11-8-9-12-36(33)51(48,49)29(2)3/h8-9,11-12,26-29H,6-7,10,13-25H2,1-5H3,(H2,40,41,42,43). The lowest BCUT2D eigenvalue weighted by atomic mass is 10.0.